The van der Waals surface area contributed by atoms with E-state index in [1.807, 2.05) is 11.0 Å². The Kier molecular flexibility index (Phi) is 5.95. The second kappa shape index (κ2) is 8.58. The molecule has 6 heteroatoms. The predicted molar refractivity (Wildman–Crippen MR) is 98.4 cm³/mol. The monoisotopic (exact) mass is 339 g/mol. The van der Waals surface area contributed by atoms with Gasteiger partial charge < -0.3 is 10.2 Å². The second-order valence-corrected chi connectivity index (χ2v) is 6.28. The number of benzene rings is 1. The van der Waals surface area contributed by atoms with Crippen LogP contribution in [0.3, 0.4) is 0 Å². The lowest BCUT2D eigenvalue weighted by Gasteiger charge is -2.34. The van der Waals surface area contributed by atoms with Gasteiger partial charge in [0.15, 0.2) is 0 Å². The minimum absolute atomic E-state index is 0.0152. The fourth-order valence-electron chi connectivity index (χ4n) is 2.90. The van der Waals surface area contributed by atoms with Gasteiger partial charge in [-0.25, -0.2) is 9.97 Å². The van der Waals surface area contributed by atoms with Gasteiger partial charge in [0.2, 0.25) is 5.95 Å². The highest BCUT2D eigenvalue weighted by molar-refractivity contribution is 5.93. The molecule has 0 saturated carbocycles. The molecule has 0 bridgehead atoms. The first-order valence-electron chi connectivity index (χ1n) is 8.87. The Labute approximate surface area is 148 Å². The molecular weight excluding hydrogens is 314 g/mol. The first kappa shape index (κ1) is 17.4. The fraction of sp³-hybridized carbons (Fsp3) is 0.421. The van der Waals surface area contributed by atoms with Gasteiger partial charge in [-0.15, -0.1) is 0 Å². The van der Waals surface area contributed by atoms with Crippen molar-refractivity contribution in [3.8, 4) is 0 Å². The van der Waals surface area contributed by atoms with Crippen LogP contribution >= 0.6 is 0 Å². The lowest BCUT2D eigenvalue weighted by molar-refractivity contribution is 0.0627. The minimum Gasteiger partial charge on any atom is -0.354 e. The number of nitrogens with one attached hydrogen (secondary N) is 1. The van der Waals surface area contributed by atoms with Gasteiger partial charge in [-0.2, -0.15) is 0 Å². The Balaban J connectivity index is 1.51. The van der Waals surface area contributed by atoms with Gasteiger partial charge in [0.05, 0.1) is 5.56 Å². The van der Waals surface area contributed by atoms with E-state index in [1.165, 1.54) is 5.56 Å². The van der Waals surface area contributed by atoms with Crippen molar-refractivity contribution in [3.63, 3.8) is 0 Å². The minimum atomic E-state index is 0.0152. The highest BCUT2D eigenvalue weighted by atomic mass is 16.2. The molecule has 0 spiro atoms. The van der Waals surface area contributed by atoms with Crippen LogP contribution in [0.5, 0.6) is 0 Å². The van der Waals surface area contributed by atoms with Gasteiger partial charge in [0, 0.05) is 51.7 Å². The summed E-state index contributed by atoms with van der Waals surface area (Å²) >= 11 is 0. The van der Waals surface area contributed by atoms with Crippen molar-refractivity contribution in [2.45, 2.75) is 19.9 Å². The summed E-state index contributed by atoms with van der Waals surface area (Å²) in [5.74, 6) is 0.590. The molecule has 1 saturated heterocycles. The molecular formula is C19H25N5O. The number of carbonyl (C=O) groups excluding carboxylic acids is 1. The molecule has 1 fully saturated rings. The normalized spacial score (nSPS) is 15.2. The summed E-state index contributed by atoms with van der Waals surface area (Å²) in [6, 6.07) is 10.4. The zero-order valence-corrected chi connectivity index (χ0v) is 14.7. The SMILES string of the molecule is CCCNc1ncc(C(=O)N2CCN(Cc3ccccc3)CC2)cn1. The summed E-state index contributed by atoms with van der Waals surface area (Å²) in [5, 5.41) is 3.12. The number of piperazine rings is 1. The van der Waals surface area contributed by atoms with Gasteiger partial charge >= 0.3 is 0 Å². The molecule has 1 aliphatic rings. The van der Waals surface area contributed by atoms with Crippen LogP contribution in [-0.2, 0) is 6.54 Å². The van der Waals surface area contributed by atoms with Crippen LogP contribution in [-0.4, -0.2) is 58.4 Å². The van der Waals surface area contributed by atoms with Crippen molar-refractivity contribution in [2.75, 3.05) is 38.0 Å². The average Bonchev–Trinajstić information content (AvgIpc) is 2.68. The van der Waals surface area contributed by atoms with E-state index in [9.17, 15) is 4.79 Å². The second-order valence-electron chi connectivity index (χ2n) is 6.28. The summed E-state index contributed by atoms with van der Waals surface area (Å²) in [6.07, 6.45) is 4.24. The standard InChI is InChI=1S/C19H25N5O/c1-2-8-20-19-21-13-17(14-22-19)18(25)24-11-9-23(10-12-24)15-16-6-4-3-5-7-16/h3-7,13-14H,2,8-12,15H2,1H3,(H,20,21,22). The molecule has 0 atom stereocenters. The Morgan fingerprint density at radius 1 is 1.08 bits per heavy atom. The van der Waals surface area contributed by atoms with Gasteiger partial charge in [0.25, 0.3) is 5.91 Å². The molecule has 2 aromatic rings. The van der Waals surface area contributed by atoms with E-state index in [-0.39, 0.29) is 5.91 Å². The molecule has 2 heterocycles. The Hall–Kier alpha value is -2.47. The van der Waals surface area contributed by atoms with Crippen LogP contribution in [0, 0.1) is 0 Å². The summed E-state index contributed by atoms with van der Waals surface area (Å²) in [5.41, 5.74) is 1.87. The Morgan fingerprint density at radius 2 is 1.76 bits per heavy atom. The fourth-order valence-corrected chi connectivity index (χ4v) is 2.90. The van der Waals surface area contributed by atoms with E-state index < -0.39 is 0 Å². The lowest BCUT2D eigenvalue weighted by atomic mass is 10.2. The zero-order chi connectivity index (χ0) is 17.5. The van der Waals surface area contributed by atoms with Crippen molar-refractivity contribution in [3.05, 3.63) is 53.9 Å². The Morgan fingerprint density at radius 3 is 2.40 bits per heavy atom. The highest BCUT2D eigenvalue weighted by Crippen LogP contribution is 2.11. The third-order valence-electron chi connectivity index (χ3n) is 4.34. The molecule has 1 aliphatic heterocycles. The molecule has 0 aliphatic carbocycles. The maximum Gasteiger partial charge on any atom is 0.257 e. The summed E-state index contributed by atoms with van der Waals surface area (Å²) in [7, 11) is 0. The Bertz CT molecular complexity index is 666. The average molecular weight is 339 g/mol. The topological polar surface area (TPSA) is 61.4 Å². The van der Waals surface area contributed by atoms with E-state index in [1.54, 1.807) is 12.4 Å². The molecule has 1 aromatic carbocycles. The maximum atomic E-state index is 12.6. The van der Waals surface area contributed by atoms with E-state index >= 15 is 0 Å². The zero-order valence-electron chi connectivity index (χ0n) is 14.7. The van der Waals surface area contributed by atoms with Crippen molar-refractivity contribution >= 4 is 11.9 Å². The van der Waals surface area contributed by atoms with Gasteiger partial charge in [0.1, 0.15) is 0 Å². The van der Waals surface area contributed by atoms with Gasteiger partial charge in [-0.1, -0.05) is 37.3 Å². The highest BCUT2D eigenvalue weighted by Gasteiger charge is 2.22. The third kappa shape index (κ3) is 4.76. The number of nitrogens with zero attached hydrogens (tertiary/aromatic N) is 4. The summed E-state index contributed by atoms with van der Waals surface area (Å²) < 4.78 is 0. The first-order chi connectivity index (χ1) is 12.3. The van der Waals surface area contributed by atoms with Crippen molar-refractivity contribution in [1.29, 1.82) is 0 Å². The molecule has 1 amide bonds. The lowest BCUT2D eigenvalue weighted by Crippen LogP contribution is -2.48. The molecule has 6 nitrogen and oxygen atoms in total. The third-order valence-corrected chi connectivity index (χ3v) is 4.34. The van der Waals surface area contributed by atoms with Crippen molar-refractivity contribution in [1.82, 2.24) is 19.8 Å². The summed E-state index contributed by atoms with van der Waals surface area (Å²) in [6.45, 7) is 7.10. The van der Waals surface area contributed by atoms with Crippen molar-refractivity contribution in [2.24, 2.45) is 0 Å². The molecule has 132 valence electrons. The molecule has 1 N–H and O–H groups in total. The smallest absolute Gasteiger partial charge is 0.257 e. The molecule has 0 radical (unpaired) electrons. The molecule has 0 unspecified atom stereocenters. The number of aromatic nitrogens is 2. The van der Waals surface area contributed by atoms with Crippen LogP contribution in [0.1, 0.15) is 29.3 Å². The largest absolute Gasteiger partial charge is 0.354 e. The van der Waals surface area contributed by atoms with Crippen molar-refractivity contribution < 1.29 is 4.79 Å². The van der Waals surface area contributed by atoms with Crippen LogP contribution in [0.4, 0.5) is 5.95 Å². The number of hydrogen-bond donors (Lipinski definition) is 1. The van der Waals surface area contributed by atoms with Gasteiger partial charge in [-0.3, -0.25) is 9.69 Å². The van der Waals surface area contributed by atoms with E-state index in [4.69, 9.17) is 0 Å². The maximum absolute atomic E-state index is 12.6. The van der Waals surface area contributed by atoms with E-state index in [0.717, 1.165) is 45.7 Å². The molecule has 1 aromatic heterocycles. The quantitative estimate of drug-likeness (QED) is 0.875. The number of hydrogen-bond acceptors (Lipinski definition) is 5. The van der Waals surface area contributed by atoms with E-state index in [2.05, 4.69) is 51.4 Å². The number of carbonyl (C=O) groups is 1. The number of amides is 1. The van der Waals surface area contributed by atoms with E-state index in [0.29, 0.717) is 11.5 Å². The van der Waals surface area contributed by atoms with Crippen LogP contribution in [0.15, 0.2) is 42.7 Å². The van der Waals surface area contributed by atoms with Gasteiger partial charge in [-0.05, 0) is 12.0 Å². The molecule has 25 heavy (non-hydrogen) atoms. The first-order valence-corrected chi connectivity index (χ1v) is 8.87. The van der Waals surface area contributed by atoms with Crippen LogP contribution < -0.4 is 5.32 Å². The van der Waals surface area contributed by atoms with Crippen LogP contribution in [0.25, 0.3) is 0 Å². The van der Waals surface area contributed by atoms with Crippen LogP contribution in [0.2, 0.25) is 0 Å². The number of rotatable bonds is 6. The molecule has 3 rings (SSSR count). The number of anilines is 1. The predicted octanol–water partition coefficient (Wildman–Crippen LogP) is 2.26. The summed E-state index contributed by atoms with van der Waals surface area (Å²) in [4.78, 5) is 25.3.